The molecule has 0 spiro atoms. The zero-order valence-corrected chi connectivity index (χ0v) is 27.1. The van der Waals surface area contributed by atoms with E-state index in [1.807, 2.05) is 122 Å². The Kier molecular flexibility index (Phi) is 13.4. The summed E-state index contributed by atoms with van der Waals surface area (Å²) in [5.41, 5.74) is 9.61. The lowest BCUT2D eigenvalue weighted by Gasteiger charge is -2.29. The molecule has 4 rings (SSSR count). The molecule has 9 heteroatoms. The van der Waals surface area contributed by atoms with Crippen LogP contribution < -0.4 is 11.1 Å². The van der Waals surface area contributed by atoms with Gasteiger partial charge in [-0.05, 0) is 72.6 Å². The fourth-order valence-electron chi connectivity index (χ4n) is 5.12. The van der Waals surface area contributed by atoms with E-state index in [0.29, 0.717) is 25.9 Å². The lowest BCUT2D eigenvalue weighted by molar-refractivity contribution is -0.122. The standard InChI is InChI=1S/C38H44N4O5/c1-41(2)22-11-23-42(38(45)47-28-31-15-7-4-8-16-31)35(36(39)43)26-32-18-20-33-24-29(17-19-34(33)25-32)12-9-10-21-40-37(44)46-27-30-13-5-3-6-14-30/h3-9,12-20,24-25,35H,10-11,21-23,26-28H2,1-2H3,(H2,39,43)(H,40,44)/b12-9+/t35-/m0/s1. The van der Waals surface area contributed by atoms with Gasteiger partial charge in [0.05, 0.1) is 0 Å². The number of carbonyl (C=O) groups is 3. The number of nitrogens with one attached hydrogen (secondary N) is 1. The van der Waals surface area contributed by atoms with E-state index in [1.54, 1.807) is 0 Å². The molecule has 246 valence electrons. The average molecular weight is 637 g/mol. The minimum atomic E-state index is -0.857. The van der Waals surface area contributed by atoms with Gasteiger partial charge in [0.1, 0.15) is 19.3 Å². The Morgan fingerprint density at radius 3 is 2.09 bits per heavy atom. The summed E-state index contributed by atoms with van der Waals surface area (Å²) >= 11 is 0. The summed E-state index contributed by atoms with van der Waals surface area (Å²) in [6, 6.07) is 30.3. The molecule has 9 nitrogen and oxygen atoms in total. The maximum absolute atomic E-state index is 13.3. The average Bonchev–Trinajstić information content (AvgIpc) is 3.08. The Morgan fingerprint density at radius 1 is 0.787 bits per heavy atom. The van der Waals surface area contributed by atoms with Crippen molar-refractivity contribution in [3.63, 3.8) is 0 Å². The lowest BCUT2D eigenvalue weighted by atomic mass is 9.99. The van der Waals surface area contributed by atoms with Gasteiger partial charge in [-0.2, -0.15) is 0 Å². The highest BCUT2D eigenvalue weighted by Crippen LogP contribution is 2.21. The zero-order chi connectivity index (χ0) is 33.4. The molecule has 0 aliphatic carbocycles. The maximum atomic E-state index is 13.3. The predicted molar refractivity (Wildman–Crippen MR) is 185 cm³/mol. The Bertz CT molecular complexity index is 1630. The molecule has 0 heterocycles. The Labute approximate surface area is 276 Å². The third-order valence-electron chi connectivity index (χ3n) is 7.61. The van der Waals surface area contributed by atoms with E-state index in [1.165, 1.54) is 4.90 Å². The van der Waals surface area contributed by atoms with Gasteiger partial charge in [-0.1, -0.05) is 103 Å². The molecule has 0 saturated heterocycles. The van der Waals surface area contributed by atoms with E-state index in [-0.39, 0.29) is 19.6 Å². The van der Waals surface area contributed by atoms with Crippen molar-refractivity contribution in [2.24, 2.45) is 5.73 Å². The topological polar surface area (TPSA) is 114 Å². The number of rotatable bonds is 16. The molecule has 0 radical (unpaired) electrons. The van der Waals surface area contributed by atoms with Gasteiger partial charge in [-0.15, -0.1) is 0 Å². The van der Waals surface area contributed by atoms with Crippen molar-refractivity contribution in [1.82, 2.24) is 15.1 Å². The van der Waals surface area contributed by atoms with Gasteiger partial charge in [0, 0.05) is 19.5 Å². The summed E-state index contributed by atoms with van der Waals surface area (Å²) in [6.07, 6.45) is 4.61. The summed E-state index contributed by atoms with van der Waals surface area (Å²) in [5.74, 6) is -0.578. The number of ether oxygens (including phenoxy) is 2. The van der Waals surface area contributed by atoms with Crippen LogP contribution in [-0.2, 0) is 33.9 Å². The Morgan fingerprint density at radius 2 is 1.43 bits per heavy atom. The SMILES string of the molecule is CN(C)CCCN(C(=O)OCc1ccccc1)[C@@H](Cc1ccc2cc(/C=C/CCNC(=O)OCc3ccccc3)ccc2c1)C(N)=O. The van der Waals surface area contributed by atoms with Crippen molar-refractivity contribution in [3.05, 3.63) is 125 Å². The van der Waals surface area contributed by atoms with E-state index in [9.17, 15) is 14.4 Å². The van der Waals surface area contributed by atoms with E-state index < -0.39 is 24.1 Å². The van der Waals surface area contributed by atoms with E-state index in [2.05, 4.69) is 11.4 Å². The second kappa shape index (κ2) is 18.1. The van der Waals surface area contributed by atoms with Crippen LogP contribution in [0, 0.1) is 0 Å². The number of hydrogen-bond acceptors (Lipinski definition) is 6. The quantitative estimate of drug-likeness (QED) is 0.143. The molecule has 4 aromatic carbocycles. The normalized spacial score (nSPS) is 11.8. The highest BCUT2D eigenvalue weighted by Gasteiger charge is 2.29. The summed E-state index contributed by atoms with van der Waals surface area (Å²) in [4.78, 5) is 41.4. The number of hydrogen-bond donors (Lipinski definition) is 2. The first kappa shape index (κ1) is 34.7. The van der Waals surface area contributed by atoms with Crippen LogP contribution in [0.5, 0.6) is 0 Å². The molecule has 0 unspecified atom stereocenters. The van der Waals surface area contributed by atoms with Gasteiger partial charge in [-0.3, -0.25) is 9.69 Å². The van der Waals surface area contributed by atoms with E-state index in [4.69, 9.17) is 15.2 Å². The van der Waals surface area contributed by atoms with Crippen molar-refractivity contribution in [3.8, 4) is 0 Å². The molecule has 47 heavy (non-hydrogen) atoms. The van der Waals surface area contributed by atoms with Crippen LogP contribution in [-0.4, -0.2) is 67.7 Å². The Hall–Kier alpha value is -5.15. The predicted octanol–water partition coefficient (Wildman–Crippen LogP) is 6.16. The minimum Gasteiger partial charge on any atom is -0.445 e. The van der Waals surface area contributed by atoms with Crippen LogP contribution in [0.1, 0.15) is 35.1 Å². The van der Waals surface area contributed by atoms with Crippen molar-refractivity contribution < 1.29 is 23.9 Å². The van der Waals surface area contributed by atoms with Crippen LogP contribution in [0.25, 0.3) is 16.8 Å². The second-order valence-electron chi connectivity index (χ2n) is 11.6. The van der Waals surface area contributed by atoms with Gasteiger partial charge in [0.2, 0.25) is 5.91 Å². The highest BCUT2D eigenvalue weighted by molar-refractivity contribution is 5.87. The molecule has 0 saturated carbocycles. The van der Waals surface area contributed by atoms with Gasteiger partial charge in [0.15, 0.2) is 0 Å². The van der Waals surface area contributed by atoms with Crippen LogP contribution in [0.2, 0.25) is 0 Å². The first-order chi connectivity index (χ1) is 22.8. The molecule has 0 aliphatic rings. The number of nitrogens with two attached hydrogens (primary N) is 1. The molecule has 4 aromatic rings. The summed E-state index contributed by atoms with van der Waals surface area (Å²) < 4.78 is 10.9. The fraction of sp³-hybridized carbons (Fsp3) is 0.289. The molecule has 0 aliphatic heterocycles. The first-order valence-electron chi connectivity index (χ1n) is 15.8. The third-order valence-corrected chi connectivity index (χ3v) is 7.61. The largest absolute Gasteiger partial charge is 0.445 e. The molecule has 0 bridgehead atoms. The van der Waals surface area contributed by atoms with Gasteiger partial charge < -0.3 is 25.4 Å². The van der Waals surface area contributed by atoms with Gasteiger partial charge in [0.25, 0.3) is 0 Å². The number of primary amides is 1. The summed E-state index contributed by atoms with van der Waals surface area (Å²) in [7, 11) is 3.92. The van der Waals surface area contributed by atoms with Gasteiger partial charge in [-0.25, -0.2) is 9.59 Å². The number of amides is 3. The van der Waals surface area contributed by atoms with Crippen LogP contribution in [0.4, 0.5) is 9.59 Å². The van der Waals surface area contributed by atoms with Crippen molar-refractivity contribution in [2.75, 3.05) is 33.7 Å². The number of fused-ring (bicyclic) bond motifs is 1. The first-order valence-corrected chi connectivity index (χ1v) is 15.8. The summed E-state index contributed by atoms with van der Waals surface area (Å²) in [6.45, 7) is 1.90. The maximum Gasteiger partial charge on any atom is 0.410 e. The van der Waals surface area contributed by atoms with E-state index in [0.717, 1.165) is 39.6 Å². The van der Waals surface area contributed by atoms with E-state index >= 15 is 0 Å². The van der Waals surface area contributed by atoms with Crippen LogP contribution in [0.3, 0.4) is 0 Å². The smallest absolute Gasteiger partial charge is 0.410 e. The van der Waals surface area contributed by atoms with Crippen molar-refractivity contribution in [1.29, 1.82) is 0 Å². The zero-order valence-electron chi connectivity index (χ0n) is 27.1. The summed E-state index contributed by atoms with van der Waals surface area (Å²) in [5, 5.41) is 4.82. The molecule has 3 amide bonds. The fourth-order valence-corrected chi connectivity index (χ4v) is 5.12. The monoisotopic (exact) mass is 636 g/mol. The van der Waals surface area contributed by atoms with Crippen molar-refractivity contribution in [2.45, 2.75) is 38.5 Å². The molecule has 0 fully saturated rings. The molecule has 3 N–H and O–H groups in total. The number of benzene rings is 4. The number of carbonyl (C=O) groups excluding carboxylic acids is 3. The molecule has 1 atom stereocenters. The van der Waals surface area contributed by atoms with Crippen molar-refractivity contribution >= 4 is 34.9 Å². The lowest BCUT2D eigenvalue weighted by Crippen LogP contribution is -2.50. The Balaban J connectivity index is 1.34. The molecule has 0 aromatic heterocycles. The highest BCUT2D eigenvalue weighted by atomic mass is 16.6. The third kappa shape index (κ3) is 11.6. The molecular weight excluding hydrogens is 592 g/mol. The van der Waals surface area contributed by atoms with Crippen LogP contribution in [0.15, 0.2) is 103 Å². The van der Waals surface area contributed by atoms with Crippen LogP contribution >= 0.6 is 0 Å². The number of alkyl carbamates (subject to hydrolysis) is 1. The minimum absolute atomic E-state index is 0.111. The second-order valence-corrected chi connectivity index (χ2v) is 11.6. The van der Waals surface area contributed by atoms with Gasteiger partial charge >= 0.3 is 12.2 Å². The molecular formula is C38H44N4O5. The number of nitrogens with zero attached hydrogens (tertiary/aromatic N) is 2.